The van der Waals surface area contributed by atoms with Crippen molar-refractivity contribution in [2.75, 3.05) is 11.9 Å². The van der Waals surface area contributed by atoms with Crippen molar-refractivity contribution in [3.8, 4) is 0 Å². The summed E-state index contributed by atoms with van der Waals surface area (Å²) < 4.78 is 13.2. The zero-order chi connectivity index (χ0) is 13.8. The van der Waals surface area contributed by atoms with Crippen LogP contribution in [0.5, 0.6) is 0 Å². The minimum absolute atomic E-state index is 0.254. The molecule has 19 heavy (non-hydrogen) atoms. The smallest absolute Gasteiger partial charge is 0.123 e. The number of hydrogen-bond donors (Lipinski definition) is 2. The van der Waals surface area contributed by atoms with Gasteiger partial charge in [-0.25, -0.2) is 4.39 Å². The molecule has 0 saturated carbocycles. The molecule has 0 aliphatic rings. The summed E-state index contributed by atoms with van der Waals surface area (Å²) in [5, 5.41) is 3.95. The first-order valence-electron chi connectivity index (χ1n) is 6.12. The molecule has 0 bridgehead atoms. The quantitative estimate of drug-likeness (QED) is 0.886. The summed E-state index contributed by atoms with van der Waals surface area (Å²) in [6, 6.07) is 10.4. The van der Waals surface area contributed by atoms with E-state index >= 15 is 0 Å². The van der Waals surface area contributed by atoms with Crippen molar-refractivity contribution >= 4 is 23.0 Å². The van der Waals surface area contributed by atoms with Crippen LogP contribution in [0.4, 0.5) is 15.8 Å². The molecular weight excluding hydrogens is 263 g/mol. The average Bonchev–Trinajstić information content (AvgIpc) is 2.37. The van der Waals surface area contributed by atoms with Crippen molar-refractivity contribution in [3.63, 3.8) is 0 Å². The maximum atomic E-state index is 13.2. The third-order valence-corrected chi connectivity index (χ3v) is 3.34. The fourth-order valence-electron chi connectivity index (χ4n) is 1.87. The first-order valence-corrected chi connectivity index (χ1v) is 6.49. The zero-order valence-corrected chi connectivity index (χ0v) is 11.5. The van der Waals surface area contributed by atoms with E-state index in [1.54, 1.807) is 6.07 Å². The van der Waals surface area contributed by atoms with Crippen LogP contribution in [0.25, 0.3) is 0 Å². The summed E-state index contributed by atoms with van der Waals surface area (Å²) in [5.41, 5.74) is 9.16. The topological polar surface area (TPSA) is 38.0 Å². The Hall–Kier alpha value is -1.58. The Bertz CT molecular complexity index is 584. The van der Waals surface area contributed by atoms with Gasteiger partial charge in [0.2, 0.25) is 0 Å². The molecule has 100 valence electrons. The van der Waals surface area contributed by atoms with Crippen LogP contribution in [0, 0.1) is 12.7 Å². The Morgan fingerprint density at radius 2 is 2.00 bits per heavy atom. The predicted octanol–water partition coefficient (Wildman–Crippen LogP) is 4.03. The lowest BCUT2D eigenvalue weighted by Gasteiger charge is -2.12. The Morgan fingerprint density at radius 3 is 2.68 bits per heavy atom. The van der Waals surface area contributed by atoms with Crippen molar-refractivity contribution in [1.29, 1.82) is 0 Å². The molecule has 2 nitrogen and oxygen atoms in total. The number of aryl methyl sites for hydroxylation is 1. The van der Waals surface area contributed by atoms with Crippen LogP contribution in [0.1, 0.15) is 11.1 Å². The standard InChI is InChI=1S/C15H16ClFN2/c1-10-2-4-13(9-14(10)16)19-15-5-3-12(17)8-11(15)6-7-18/h2-5,8-9,19H,6-7,18H2,1H3. The lowest BCUT2D eigenvalue weighted by molar-refractivity contribution is 0.625. The van der Waals surface area contributed by atoms with E-state index in [9.17, 15) is 4.39 Å². The Labute approximate surface area is 117 Å². The normalized spacial score (nSPS) is 10.5. The van der Waals surface area contributed by atoms with Crippen LogP contribution in [0.15, 0.2) is 36.4 Å². The number of hydrogen-bond acceptors (Lipinski definition) is 2. The molecule has 0 saturated heterocycles. The monoisotopic (exact) mass is 278 g/mol. The molecule has 0 aromatic heterocycles. The highest BCUT2D eigenvalue weighted by Gasteiger charge is 2.05. The Morgan fingerprint density at radius 1 is 1.21 bits per heavy atom. The largest absolute Gasteiger partial charge is 0.355 e. The highest BCUT2D eigenvalue weighted by atomic mass is 35.5. The predicted molar refractivity (Wildman–Crippen MR) is 78.6 cm³/mol. The number of nitrogens with one attached hydrogen (secondary N) is 1. The fourth-order valence-corrected chi connectivity index (χ4v) is 2.05. The molecule has 0 aliphatic heterocycles. The summed E-state index contributed by atoms with van der Waals surface area (Å²) >= 11 is 6.09. The van der Waals surface area contributed by atoms with Gasteiger partial charge in [0, 0.05) is 16.4 Å². The summed E-state index contributed by atoms with van der Waals surface area (Å²) in [6.07, 6.45) is 0.625. The van der Waals surface area contributed by atoms with E-state index in [4.69, 9.17) is 17.3 Å². The van der Waals surface area contributed by atoms with Gasteiger partial charge in [-0.2, -0.15) is 0 Å². The SMILES string of the molecule is Cc1ccc(Nc2ccc(F)cc2CCN)cc1Cl. The number of nitrogens with two attached hydrogens (primary N) is 1. The van der Waals surface area contributed by atoms with E-state index in [1.165, 1.54) is 12.1 Å². The average molecular weight is 279 g/mol. The first-order chi connectivity index (χ1) is 9.10. The molecule has 0 aliphatic carbocycles. The van der Waals surface area contributed by atoms with Crippen LogP contribution in [0.3, 0.4) is 0 Å². The third-order valence-electron chi connectivity index (χ3n) is 2.93. The molecule has 0 unspecified atom stereocenters. The van der Waals surface area contributed by atoms with Crippen LogP contribution in [0.2, 0.25) is 5.02 Å². The Kier molecular flexibility index (Phi) is 4.40. The summed E-state index contributed by atoms with van der Waals surface area (Å²) in [7, 11) is 0. The third kappa shape index (κ3) is 3.46. The molecule has 0 heterocycles. The van der Waals surface area contributed by atoms with Gasteiger partial charge in [-0.3, -0.25) is 0 Å². The van der Waals surface area contributed by atoms with Crippen molar-refractivity contribution in [2.45, 2.75) is 13.3 Å². The van der Waals surface area contributed by atoms with E-state index < -0.39 is 0 Å². The molecule has 0 radical (unpaired) electrons. The second-order valence-corrected chi connectivity index (χ2v) is 4.84. The van der Waals surface area contributed by atoms with Gasteiger partial charge in [0.1, 0.15) is 5.82 Å². The second kappa shape index (κ2) is 6.04. The maximum absolute atomic E-state index is 13.2. The zero-order valence-electron chi connectivity index (χ0n) is 10.7. The van der Waals surface area contributed by atoms with Gasteiger partial charge in [-0.1, -0.05) is 17.7 Å². The van der Waals surface area contributed by atoms with Crippen molar-refractivity contribution < 1.29 is 4.39 Å². The highest BCUT2D eigenvalue weighted by molar-refractivity contribution is 6.31. The number of benzene rings is 2. The molecule has 2 rings (SSSR count). The number of halogens is 2. The molecule has 0 fully saturated rings. The molecular formula is C15H16ClFN2. The number of rotatable bonds is 4. The second-order valence-electron chi connectivity index (χ2n) is 4.43. The fraction of sp³-hybridized carbons (Fsp3) is 0.200. The first kappa shape index (κ1) is 13.8. The minimum Gasteiger partial charge on any atom is -0.355 e. The van der Waals surface area contributed by atoms with Crippen LogP contribution < -0.4 is 11.1 Å². The van der Waals surface area contributed by atoms with Crippen molar-refractivity contribution in [1.82, 2.24) is 0 Å². The van der Waals surface area contributed by atoms with Gasteiger partial charge < -0.3 is 11.1 Å². The van der Waals surface area contributed by atoms with Gasteiger partial charge in [-0.15, -0.1) is 0 Å². The van der Waals surface area contributed by atoms with E-state index in [1.807, 2.05) is 25.1 Å². The van der Waals surface area contributed by atoms with Gasteiger partial charge in [0.25, 0.3) is 0 Å². The van der Waals surface area contributed by atoms with Gasteiger partial charge >= 0.3 is 0 Å². The van der Waals surface area contributed by atoms with Crippen LogP contribution in [-0.4, -0.2) is 6.54 Å². The van der Waals surface area contributed by atoms with Crippen LogP contribution >= 0.6 is 11.6 Å². The summed E-state index contributed by atoms with van der Waals surface area (Å²) in [6.45, 7) is 2.43. The number of anilines is 2. The van der Waals surface area contributed by atoms with Gasteiger partial charge in [-0.05, 0) is 61.3 Å². The molecule has 0 atom stereocenters. The molecule has 4 heteroatoms. The van der Waals surface area contributed by atoms with E-state index in [0.29, 0.717) is 18.0 Å². The van der Waals surface area contributed by atoms with Gasteiger partial charge in [0.15, 0.2) is 0 Å². The highest BCUT2D eigenvalue weighted by Crippen LogP contribution is 2.25. The minimum atomic E-state index is -0.254. The van der Waals surface area contributed by atoms with Crippen molar-refractivity contribution in [2.24, 2.45) is 5.73 Å². The lowest BCUT2D eigenvalue weighted by atomic mass is 10.1. The van der Waals surface area contributed by atoms with E-state index in [2.05, 4.69) is 5.32 Å². The summed E-state index contributed by atoms with van der Waals surface area (Å²) in [5.74, 6) is -0.254. The van der Waals surface area contributed by atoms with Crippen LogP contribution in [-0.2, 0) is 6.42 Å². The van der Waals surface area contributed by atoms with E-state index in [0.717, 1.165) is 22.5 Å². The summed E-state index contributed by atoms with van der Waals surface area (Å²) in [4.78, 5) is 0. The Balaban J connectivity index is 2.29. The molecule has 2 aromatic carbocycles. The molecule has 2 aromatic rings. The van der Waals surface area contributed by atoms with E-state index in [-0.39, 0.29) is 5.82 Å². The van der Waals surface area contributed by atoms with Crippen molar-refractivity contribution in [3.05, 3.63) is 58.4 Å². The molecule has 0 spiro atoms. The molecule has 0 amide bonds. The van der Waals surface area contributed by atoms with Gasteiger partial charge in [0.05, 0.1) is 0 Å². The lowest BCUT2D eigenvalue weighted by Crippen LogP contribution is -2.05. The maximum Gasteiger partial charge on any atom is 0.123 e. The molecule has 3 N–H and O–H groups in total.